The lowest BCUT2D eigenvalue weighted by Crippen LogP contribution is -2.47. The Morgan fingerprint density at radius 3 is 1.20 bits per heavy atom. The maximum absolute atomic E-state index is 5.80. The monoisotopic (exact) mass is 244 g/mol. The molecule has 0 aromatic rings. The minimum absolute atomic E-state index is 0.461. The Hall–Kier alpha value is 0.459. The lowest BCUT2D eigenvalue weighted by molar-refractivity contribution is 0.412. The van der Waals surface area contributed by atoms with Crippen molar-refractivity contribution in [2.75, 3.05) is 7.11 Å². The second kappa shape index (κ2) is 5.19. The van der Waals surface area contributed by atoms with Gasteiger partial charge in [-0.15, -0.1) is 0 Å². The van der Waals surface area contributed by atoms with Gasteiger partial charge in [0.05, 0.1) is 0 Å². The molecule has 0 aliphatic carbocycles. The zero-order valence-electron chi connectivity index (χ0n) is 12.1. The maximum atomic E-state index is 5.80. The largest absolute Gasteiger partial charge is 0.439 e. The second-order valence-electron chi connectivity index (χ2n) is 7.01. The van der Waals surface area contributed by atoms with Crippen LogP contribution < -0.4 is 0 Å². The van der Waals surface area contributed by atoms with Crippen LogP contribution >= 0.6 is 0 Å². The third-order valence-electron chi connectivity index (χ3n) is 3.99. The molecule has 0 aromatic carbocycles. The molecule has 0 aliphatic heterocycles. The van der Waals surface area contributed by atoms with Gasteiger partial charge in [-0.1, -0.05) is 53.1 Å². The standard InChI is InChI=1S/C11H29BOSi2/c1-10(14(4,5)6)12(13-3)11(2)15(7,8)9/h10-11H,1-9H3/t10-,11+. The number of hydrogen-bond acceptors (Lipinski definition) is 1. The Morgan fingerprint density at radius 2 is 1.07 bits per heavy atom. The van der Waals surface area contributed by atoms with Gasteiger partial charge in [0, 0.05) is 23.3 Å². The first-order chi connectivity index (χ1) is 6.51. The summed E-state index contributed by atoms with van der Waals surface area (Å²) in [7, 11) is -0.291. The normalized spacial score (nSPS) is 17.4. The van der Waals surface area contributed by atoms with Gasteiger partial charge in [-0.2, -0.15) is 0 Å². The summed E-state index contributed by atoms with van der Waals surface area (Å²) >= 11 is 0. The molecule has 0 heterocycles. The van der Waals surface area contributed by atoms with Gasteiger partial charge in [-0.3, -0.25) is 0 Å². The Bertz CT molecular complexity index is 176. The van der Waals surface area contributed by atoms with Crippen LogP contribution in [0.1, 0.15) is 13.8 Å². The number of rotatable bonds is 5. The van der Waals surface area contributed by atoms with Crippen molar-refractivity contribution >= 4 is 23.1 Å². The first-order valence-electron chi connectivity index (χ1n) is 6.04. The van der Waals surface area contributed by atoms with Crippen LogP contribution in [-0.2, 0) is 4.65 Å². The molecule has 0 radical (unpaired) electrons. The Balaban J connectivity index is 4.78. The van der Waals surface area contributed by atoms with E-state index in [9.17, 15) is 0 Å². The molecule has 2 atom stereocenters. The third-order valence-corrected chi connectivity index (χ3v) is 10.1. The van der Waals surface area contributed by atoms with Crippen LogP contribution in [-0.4, -0.2) is 30.2 Å². The van der Waals surface area contributed by atoms with Crippen molar-refractivity contribution < 1.29 is 4.65 Å². The summed E-state index contributed by atoms with van der Waals surface area (Å²) in [6.45, 7) is 19.9. The Labute approximate surface area is 99.1 Å². The molecule has 4 heteroatoms. The summed E-state index contributed by atoms with van der Waals surface area (Å²) < 4.78 is 5.80. The van der Waals surface area contributed by atoms with Gasteiger partial charge < -0.3 is 4.65 Å². The van der Waals surface area contributed by atoms with E-state index < -0.39 is 16.1 Å². The highest BCUT2D eigenvalue weighted by atomic mass is 28.3. The molecule has 1 nitrogen and oxygen atoms in total. The summed E-state index contributed by atoms with van der Waals surface area (Å²) in [6.07, 6.45) is 0. The molecular weight excluding hydrogens is 215 g/mol. The van der Waals surface area contributed by atoms with E-state index in [2.05, 4.69) is 53.1 Å². The molecule has 0 bridgehead atoms. The van der Waals surface area contributed by atoms with Crippen LogP contribution in [0.3, 0.4) is 0 Å². The van der Waals surface area contributed by atoms with Gasteiger partial charge in [0.15, 0.2) is 0 Å². The predicted molar refractivity (Wildman–Crippen MR) is 78.3 cm³/mol. The van der Waals surface area contributed by atoms with Crippen LogP contribution in [0.15, 0.2) is 0 Å². The zero-order valence-corrected chi connectivity index (χ0v) is 14.1. The molecule has 0 aliphatic rings. The summed E-state index contributed by atoms with van der Waals surface area (Å²) in [5.41, 5.74) is 1.48. The van der Waals surface area contributed by atoms with Gasteiger partial charge >= 0.3 is 0 Å². The van der Waals surface area contributed by atoms with Crippen molar-refractivity contribution in [1.82, 2.24) is 0 Å². The Kier molecular flexibility index (Phi) is 5.35. The molecule has 0 aromatic heterocycles. The summed E-state index contributed by atoms with van der Waals surface area (Å²) in [5.74, 6) is 0. The SMILES string of the molecule is COB([C@@H](C)[Si](C)(C)C)[C@H](C)[Si](C)(C)C. The molecular formula is C11H29BOSi2. The van der Waals surface area contributed by atoms with Crippen molar-refractivity contribution in [2.45, 2.75) is 64.0 Å². The van der Waals surface area contributed by atoms with E-state index in [1.807, 2.05) is 7.11 Å². The van der Waals surface area contributed by atoms with E-state index in [1.54, 1.807) is 0 Å². The quantitative estimate of drug-likeness (QED) is 0.660. The van der Waals surface area contributed by atoms with Crippen LogP contribution in [0.4, 0.5) is 0 Å². The second-order valence-corrected chi connectivity index (χ2v) is 18.3. The fourth-order valence-electron chi connectivity index (χ4n) is 1.83. The van der Waals surface area contributed by atoms with E-state index in [1.165, 1.54) is 0 Å². The minimum Gasteiger partial charge on any atom is -0.439 e. The lowest BCUT2D eigenvalue weighted by atomic mass is 9.61. The summed E-state index contributed by atoms with van der Waals surface area (Å²) in [4.78, 5) is 0. The van der Waals surface area contributed by atoms with Gasteiger partial charge in [0.25, 0.3) is 6.92 Å². The van der Waals surface area contributed by atoms with Crippen molar-refractivity contribution in [3.8, 4) is 0 Å². The molecule has 0 spiro atoms. The van der Waals surface area contributed by atoms with Crippen LogP contribution in [0.5, 0.6) is 0 Å². The minimum atomic E-state index is -1.09. The Morgan fingerprint density at radius 1 is 0.800 bits per heavy atom. The van der Waals surface area contributed by atoms with Crippen molar-refractivity contribution in [3.63, 3.8) is 0 Å². The van der Waals surface area contributed by atoms with Gasteiger partial charge in [-0.25, -0.2) is 0 Å². The molecule has 90 valence electrons. The first-order valence-corrected chi connectivity index (χ1v) is 13.2. The van der Waals surface area contributed by atoms with Crippen LogP contribution in [0, 0.1) is 0 Å². The fraction of sp³-hybridized carbons (Fsp3) is 1.00. The fourth-order valence-corrected chi connectivity index (χ4v) is 4.84. The molecule has 0 rings (SSSR count). The predicted octanol–water partition coefficient (Wildman–Crippen LogP) is 4.16. The van der Waals surface area contributed by atoms with Crippen molar-refractivity contribution in [3.05, 3.63) is 0 Å². The van der Waals surface area contributed by atoms with Crippen molar-refractivity contribution in [1.29, 1.82) is 0 Å². The third kappa shape index (κ3) is 4.45. The molecule has 0 fully saturated rings. The number of hydrogen-bond donors (Lipinski definition) is 0. The van der Waals surface area contributed by atoms with E-state index >= 15 is 0 Å². The van der Waals surface area contributed by atoms with Gasteiger partial charge in [0.2, 0.25) is 0 Å². The molecule has 0 unspecified atom stereocenters. The molecule has 0 amide bonds. The van der Waals surface area contributed by atoms with Gasteiger partial charge in [-0.05, 0) is 10.9 Å². The first kappa shape index (κ1) is 15.5. The smallest absolute Gasteiger partial charge is 0.293 e. The van der Waals surface area contributed by atoms with E-state index in [-0.39, 0.29) is 0 Å². The maximum Gasteiger partial charge on any atom is 0.293 e. The average Bonchev–Trinajstić information content (AvgIpc) is 2.01. The highest BCUT2D eigenvalue weighted by molar-refractivity contribution is 6.95. The summed E-state index contributed by atoms with van der Waals surface area (Å²) in [5, 5.41) is 0. The van der Waals surface area contributed by atoms with Crippen LogP contribution in [0.2, 0.25) is 50.2 Å². The van der Waals surface area contributed by atoms with Gasteiger partial charge in [0.1, 0.15) is 0 Å². The topological polar surface area (TPSA) is 9.23 Å². The highest BCUT2D eigenvalue weighted by Gasteiger charge is 2.41. The van der Waals surface area contributed by atoms with Crippen molar-refractivity contribution in [2.24, 2.45) is 0 Å². The molecule has 0 N–H and O–H groups in total. The van der Waals surface area contributed by atoms with E-state index in [4.69, 9.17) is 4.65 Å². The average molecular weight is 244 g/mol. The molecule has 0 saturated carbocycles. The van der Waals surface area contributed by atoms with E-state index in [0.29, 0.717) is 6.92 Å². The molecule has 0 saturated heterocycles. The highest BCUT2D eigenvalue weighted by Crippen LogP contribution is 2.35. The van der Waals surface area contributed by atoms with E-state index in [0.717, 1.165) is 10.9 Å². The zero-order chi connectivity index (χ0) is 12.4. The lowest BCUT2D eigenvalue weighted by Gasteiger charge is -2.37. The summed E-state index contributed by atoms with van der Waals surface area (Å²) in [6, 6.07) is 0. The molecule has 15 heavy (non-hydrogen) atoms. The van der Waals surface area contributed by atoms with Crippen LogP contribution in [0.25, 0.3) is 0 Å².